The Balaban J connectivity index is 1.99. The molecule has 0 heterocycles. The largest absolute Gasteiger partial charge is 0.486 e. The quantitative estimate of drug-likeness (QED) is 0.827. The number of hydrogen-bond acceptors (Lipinski definition) is 2. The van der Waals surface area contributed by atoms with E-state index in [1.807, 2.05) is 19.2 Å². The predicted octanol–water partition coefficient (Wildman–Crippen LogP) is 4.49. The van der Waals surface area contributed by atoms with E-state index in [0.717, 1.165) is 16.6 Å². The van der Waals surface area contributed by atoms with Gasteiger partial charge in [-0.2, -0.15) is 0 Å². The van der Waals surface area contributed by atoms with E-state index in [1.54, 1.807) is 12.1 Å². The molecule has 112 valence electrons. The van der Waals surface area contributed by atoms with Crippen LogP contribution in [0.1, 0.15) is 24.0 Å². The molecule has 0 aliphatic heterocycles. The lowest BCUT2D eigenvalue weighted by Gasteiger charge is -2.12. The van der Waals surface area contributed by atoms with Crippen molar-refractivity contribution in [2.75, 3.05) is 13.6 Å². The highest BCUT2D eigenvalue weighted by Crippen LogP contribution is 2.23. The zero-order valence-electron chi connectivity index (χ0n) is 12.2. The summed E-state index contributed by atoms with van der Waals surface area (Å²) in [5.41, 5.74) is 2.30. The third kappa shape index (κ3) is 4.55. The molecular formula is C17H19BrFNO. The topological polar surface area (TPSA) is 21.3 Å². The standard InChI is InChI=1S/C17H19BrFNO/c1-12(10-20-2)14-5-3-13(4-6-14)11-21-17-9-15(18)7-8-16(17)19/h3-9,12,20H,10-11H2,1-2H3. The Hall–Kier alpha value is -1.39. The molecule has 0 aromatic heterocycles. The van der Waals surface area contributed by atoms with Crippen LogP contribution in [0.2, 0.25) is 0 Å². The molecule has 0 radical (unpaired) electrons. The second kappa shape index (κ2) is 7.57. The van der Waals surface area contributed by atoms with Crippen LogP contribution in [0.4, 0.5) is 4.39 Å². The first-order valence-corrected chi connectivity index (χ1v) is 7.70. The molecule has 2 aromatic rings. The van der Waals surface area contributed by atoms with Crippen LogP contribution in [0.3, 0.4) is 0 Å². The Morgan fingerprint density at radius 3 is 2.57 bits per heavy atom. The molecule has 0 aliphatic carbocycles. The summed E-state index contributed by atoms with van der Waals surface area (Å²) >= 11 is 3.31. The molecule has 0 fully saturated rings. The summed E-state index contributed by atoms with van der Waals surface area (Å²) in [7, 11) is 1.95. The van der Waals surface area contributed by atoms with Crippen LogP contribution < -0.4 is 10.1 Å². The van der Waals surface area contributed by atoms with E-state index < -0.39 is 0 Å². The minimum atomic E-state index is -0.350. The molecule has 0 spiro atoms. The van der Waals surface area contributed by atoms with Gasteiger partial charge in [-0.25, -0.2) is 4.39 Å². The summed E-state index contributed by atoms with van der Waals surface area (Å²) in [5, 5.41) is 3.17. The fraction of sp³-hybridized carbons (Fsp3) is 0.294. The summed E-state index contributed by atoms with van der Waals surface area (Å²) < 4.78 is 19.9. The van der Waals surface area contributed by atoms with Gasteiger partial charge < -0.3 is 10.1 Å². The lowest BCUT2D eigenvalue weighted by atomic mass is 10.00. The minimum absolute atomic E-state index is 0.261. The van der Waals surface area contributed by atoms with E-state index in [1.165, 1.54) is 11.6 Å². The van der Waals surface area contributed by atoms with Gasteiger partial charge in [0.2, 0.25) is 0 Å². The fourth-order valence-corrected chi connectivity index (χ4v) is 2.46. The molecule has 1 atom stereocenters. The summed E-state index contributed by atoms with van der Waals surface area (Å²) in [6, 6.07) is 12.9. The molecule has 1 N–H and O–H groups in total. The summed E-state index contributed by atoms with van der Waals surface area (Å²) in [6.45, 7) is 3.48. The Morgan fingerprint density at radius 2 is 1.90 bits per heavy atom. The molecule has 2 aromatic carbocycles. The van der Waals surface area contributed by atoms with Gasteiger partial charge in [-0.1, -0.05) is 47.1 Å². The van der Waals surface area contributed by atoms with Crippen LogP contribution in [0, 0.1) is 5.82 Å². The van der Waals surface area contributed by atoms with Crippen LogP contribution in [0.15, 0.2) is 46.9 Å². The lowest BCUT2D eigenvalue weighted by Crippen LogP contribution is -2.14. The molecule has 0 saturated heterocycles. The van der Waals surface area contributed by atoms with E-state index in [-0.39, 0.29) is 11.6 Å². The number of halogens is 2. The summed E-state index contributed by atoms with van der Waals surface area (Å²) in [5.74, 6) is 0.377. The number of nitrogens with one attached hydrogen (secondary N) is 1. The Kier molecular flexibility index (Phi) is 5.76. The SMILES string of the molecule is CNCC(C)c1ccc(COc2cc(Br)ccc2F)cc1. The highest BCUT2D eigenvalue weighted by molar-refractivity contribution is 9.10. The summed E-state index contributed by atoms with van der Waals surface area (Å²) in [4.78, 5) is 0. The molecule has 1 unspecified atom stereocenters. The number of rotatable bonds is 6. The third-order valence-corrected chi connectivity index (χ3v) is 3.84. The average molecular weight is 352 g/mol. The van der Waals surface area contributed by atoms with Crippen molar-refractivity contribution in [3.05, 3.63) is 63.9 Å². The van der Waals surface area contributed by atoms with Crippen LogP contribution in [-0.4, -0.2) is 13.6 Å². The average Bonchev–Trinajstić information content (AvgIpc) is 2.49. The monoisotopic (exact) mass is 351 g/mol. The maximum atomic E-state index is 13.6. The lowest BCUT2D eigenvalue weighted by molar-refractivity contribution is 0.290. The van der Waals surface area contributed by atoms with Crippen molar-refractivity contribution in [3.63, 3.8) is 0 Å². The van der Waals surface area contributed by atoms with Gasteiger partial charge in [-0.3, -0.25) is 0 Å². The van der Waals surface area contributed by atoms with Crippen molar-refractivity contribution in [3.8, 4) is 5.75 Å². The first-order chi connectivity index (χ1) is 10.1. The van der Waals surface area contributed by atoms with Crippen molar-refractivity contribution in [2.45, 2.75) is 19.4 Å². The number of ether oxygens (including phenoxy) is 1. The smallest absolute Gasteiger partial charge is 0.165 e. The van der Waals surface area contributed by atoms with Crippen LogP contribution in [-0.2, 0) is 6.61 Å². The van der Waals surface area contributed by atoms with Gasteiger partial charge >= 0.3 is 0 Å². The molecule has 2 nitrogen and oxygen atoms in total. The maximum absolute atomic E-state index is 13.6. The van der Waals surface area contributed by atoms with Crippen LogP contribution >= 0.6 is 15.9 Å². The molecule has 0 bridgehead atoms. The normalized spacial score (nSPS) is 12.2. The molecule has 0 aliphatic rings. The van der Waals surface area contributed by atoms with E-state index in [9.17, 15) is 4.39 Å². The second-order valence-electron chi connectivity index (χ2n) is 5.06. The van der Waals surface area contributed by atoms with Crippen molar-refractivity contribution in [2.24, 2.45) is 0 Å². The molecule has 0 amide bonds. The van der Waals surface area contributed by atoms with Gasteiger partial charge in [0.05, 0.1) is 0 Å². The highest BCUT2D eigenvalue weighted by Gasteiger charge is 2.06. The van der Waals surface area contributed by atoms with Gasteiger partial charge in [0.15, 0.2) is 11.6 Å². The number of hydrogen-bond donors (Lipinski definition) is 1. The van der Waals surface area contributed by atoms with Crippen molar-refractivity contribution >= 4 is 15.9 Å². The van der Waals surface area contributed by atoms with Crippen molar-refractivity contribution in [1.82, 2.24) is 5.32 Å². The zero-order valence-corrected chi connectivity index (χ0v) is 13.8. The first-order valence-electron chi connectivity index (χ1n) is 6.91. The molecule has 0 saturated carbocycles. The zero-order chi connectivity index (χ0) is 15.2. The molecule has 4 heteroatoms. The Morgan fingerprint density at radius 1 is 1.19 bits per heavy atom. The van der Waals surface area contributed by atoms with Gasteiger partial charge in [0.1, 0.15) is 6.61 Å². The van der Waals surface area contributed by atoms with Crippen molar-refractivity contribution < 1.29 is 9.13 Å². The molecule has 21 heavy (non-hydrogen) atoms. The van der Waals surface area contributed by atoms with E-state index in [2.05, 4.69) is 40.3 Å². The van der Waals surface area contributed by atoms with E-state index >= 15 is 0 Å². The van der Waals surface area contributed by atoms with Gasteiger partial charge in [0, 0.05) is 11.0 Å². The molecule has 2 rings (SSSR count). The van der Waals surface area contributed by atoms with E-state index in [0.29, 0.717) is 12.5 Å². The van der Waals surface area contributed by atoms with Gasteiger partial charge in [-0.15, -0.1) is 0 Å². The Bertz CT molecular complexity index is 586. The predicted molar refractivity (Wildman–Crippen MR) is 87.2 cm³/mol. The highest BCUT2D eigenvalue weighted by atomic mass is 79.9. The van der Waals surface area contributed by atoms with Crippen molar-refractivity contribution in [1.29, 1.82) is 0 Å². The Labute approximate surface area is 133 Å². The maximum Gasteiger partial charge on any atom is 0.165 e. The van der Waals surface area contributed by atoms with Gasteiger partial charge in [0.25, 0.3) is 0 Å². The molecular weight excluding hydrogens is 333 g/mol. The second-order valence-corrected chi connectivity index (χ2v) is 5.98. The third-order valence-electron chi connectivity index (χ3n) is 3.35. The first kappa shape index (κ1) is 16.0. The fourth-order valence-electron chi connectivity index (χ4n) is 2.12. The van der Waals surface area contributed by atoms with Gasteiger partial charge in [-0.05, 0) is 42.3 Å². The number of benzene rings is 2. The van der Waals surface area contributed by atoms with Crippen LogP contribution in [0.25, 0.3) is 0 Å². The summed E-state index contributed by atoms with van der Waals surface area (Å²) in [6.07, 6.45) is 0. The van der Waals surface area contributed by atoms with E-state index in [4.69, 9.17) is 4.74 Å². The minimum Gasteiger partial charge on any atom is -0.486 e. The van der Waals surface area contributed by atoms with Crippen LogP contribution in [0.5, 0.6) is 5.75 Å². The number of likely N-dealkylation sites (N-methyl/N-ethyl adjacent to an activating group) is 1.